The zero-order valence-electron chi connectivity index (χ0n) is 17.5. The van der Waals surface area contributed by atoms with Crippen molar-refractivity contribution >= 4 is 11.9 Å². The van der Waals surface area contributed by atoms with Gasteiger partial charge < -0.3 is 14.8 Å². The number of carbonyl (C=O) groups is 2. The Balaban J connectivity index is 1.32. The highest BCUT2D eigenvalue weighted by molar-refractivity contribution is 5.96. The molecule has 5 aliphatic rings. The van der Waals surface area contributed by atoms with Crippen LogP contribution in [0.15, 0.2) is 12.1 Å². The molecule has 1 amide bonds. The van der Waals surface area contributed by atoms with Crippen LogP contribution in [-0.4, -0.2) is 32.1 Å². The predicted molar refractivity (Wildman–Crippen MR) is 109 cm³/mol. The highest BCUT2D eigenvalue weighted by Gasteiger charge is 2.51. The first-order chi connectivity index (χ1) is 14.4. The number of methoxy groups -OCH3 is 1. The highest BCUT2D eigenvalue weighted by Crippen LogP contribution is 2.60. The molecule has 1 aromatic carbocycles. The quantitative estimate of drug-likeness (QED) is 0.678. The topological polar surface area (TPSA) is 64.6 Å². The van der Waals surface area contributed by atoms with E-state index in [9.17, 15) is 14.0 Å². The van der Waals surface area contributed by atoms with Crippen molar-refractivity contribution in [1.29, 1.82) is 0 Å². The number of ether oxygens (including phenoxy) is 2. The van der Waals surface area contributed by atoms with Gasteiger partial charge in [0.2, 0.25) is 0 Å². The van der Waals surface area contributed by atoms with Gasteiger partial charge in [-0.05, 0) is 86.7 Å². The molecule has 5 nitrogen and oxygen atoms in total. The summed E-state index contributed by atoms with van der Waals surface area (Å²) >= 11 is 0. The number of hydrogen-bond donors (Lipinski definition) is 1. The van der Waals surface area contributed by atoms with Crippen LogP contribution in [0.5, 0.6) is 5.75 Å². The number of esters is 1. The third kappa shape index (κ3) is 3.81. The maximum absolute atomic E-state index is 14.8. The molecule has 0 heterocycles. The van der Waals surface area contributed by atoms with Crippen molar-refractivity contribution in [3.63, 3.8) is 0 Å². The maximum Gasteiger partial charge on any atom is 0.325 e. The number of halogens is 1. The molecule has 1 N–H and O–H groups in total. The van der Waals surface area contributed by atoms with Crippen LogP contribution in [0.2, 0.25) is 0 Å². The molecule has 4 bridgehead atoms. The molecule has 1 aromatic rings. The Morgan fingerprint density at radius 1 is 1.10 bits per heavy atom. The number of rotatable bonds is 7. The van der Waals surface area contributed by atoms with Crippen LogP contribution in [0.1, 0.15) is 73.2 Å². The van der Waals surface area contributed by atoms with E-state index >= 15 is 0 Å². The van der Waals surface area contributed by atoms with Gasteiger partial charge in [0.05, 0.1) is 19.3 Å². The fraction of sp³-hybridized carbons (Fsp3) is 0.667. The van der Waals surface area contributed by atoms with Crippen molar-refractivity contribution in [2.75, 3.05) is 20.3 Å². The van der Waals surface area contributed by atoms with Gasteiger partial charge in [0.1, 0.15) is 18.1 Å². The standard InChI is InChI=1S/C24H30FNO4/c1-29-22(27)12-26-23(28)19-7-18(17-2-3-17)21(8-20(19)25)30-13-24-9-14-4-15(10-24)6-16(5-14)11-24/h7-8,14-17H,2-6,9-13H2,1H3,(H,26,28). The van der Waals surface area contributed by atoms with E-state index in [1.54, 1.807) is 6.07 Å². The minimum atomic E-state index is -0.609. The van der Waals surface area contributed by atoms with Crippen LogP contribution in [0.4, 0.5) is 4.39 Å². The monoisotopic (exact) mass is 415 g/mol. The number of nitrogens with one attached hydrogen (secondary N) is 1. The molecule has 30 heavy (non-hydrogen) atoms. The molecule has 6 rings (SSSR count). The number of amides is 1. The Labute approximate surface area is 176 Å². The van der Waals surface area contributed by atoms with E-state index < -0.39 is 17.7 Å². The summed E-state index contributed by atoms with van der Waals surface area (Å²) in [6.07, 6.45) is 9.95. The molecule has 5 fully saturated rings. The zero-order valence-corrected chi connectivity index (χ0v) is 17.5. The van der Waals surface area contributed by atoms with Crippen molar-refractivity contribution in [3.05, 3.63) is 29.1 Å². The lowest BCUT2D eigenvalue weighted by Gasteiger charge is -2.56. The molecule has 5 saturated carbocycles. The summed E-state index contributed by atoms with van der Waals surface area (Å²) in [5.41, 5.74) is 1.13. The zero-order chi connectivity index (χ0) is 20.9. The van der Waals surface area contributed by atoms with Crippen molar-refractivity contribution in [2.45, 2.75) is 57.3 Å². The Kier molecular flexibility index (Phi) is 4.98. The van der Waals surface area contributed by atoms with E-state index in [1.165, 1.54) is 51.7 Å². The van der Waals surface area contributed by atoms with E-state index in [1.807, 2.05) is 0 Å². The Bertz CT molecular complexity index is 828. The lowest BCUT2D eigenvalue weighted by molar-refractivity contribution is -0.139. The van der Waals surface area contributed by atoms with Gasteiger partial charge in [-0.15, -0.1) is 0 Å². The fourth-order valence-electron chi connectivity index (χ4n) is 6.60. The van der Waals surface area contributed by atoms with Crippen molar-refractivity contribution in [1.82, 2.24) is 5.32 Å². The summed E-state index contributed by atoms with van der Waals surface area (Å²) < 4.78 is 25.6. The minimum Gasteiger partial charge on any atom is -0.493 e. The predicted octanol–water partition coefficient (Wildman–Crippen LogP) is 4.20. The second-order valence-electron chi connectivity index (χ2n) is 10.1. The average Bonchev–Trinajstić information content (AvgIpc) is 3.54. The van der Waals surface area contributed by atoms with E-state index in [4.69, 9.17) is 4.74 Å². The van der Waals surface area contributed by atoms with Gasteiger partial charge in [0.15, 0.2) is 0 Å². The van der Waals surface area contributed by atoms with E-state index in [0.29, 0.717) is 18.3 Å². The summed E-state index contributed by atoms with van der Waals surface area (Å²) in [6, 6.07) is 3.00. The highest BCUT2D eigenvalue weighted by atomic mass is 19.1. The molecule has 0 radical (unpaired) electrons. The van der Waals surface area contributed by atoms with Gasteiger partial charge in [0, 0.05) is 11.5 Å². The normalized spacial score (nSPS) is 31.5. The van der Waals surface area contributed by atoms with Gasteiger partial charge in [-0.2, -0.15) is 0 Å². The smallest absolute Gasteiger partial charge is 0.325 e. The van der Waals surface area contributed by atoms with Gasteiger partial charge in [-0.1, -0.05) is 0 Å². The van der Waals surface area contributed by atoms with Crippen LogP contribution < -0.4 is 10.1 Å². The van der Waals surface area contributed by atoms with Gasteiger partial charge in [0.25, 0.3) is 5.91 Å². The number of benzene rings is 1. The Morgan fingerprint density at radius 2 is 1.73 bits per heavy atom. The Morgan fingerprint density at radius 3 is 2.30 bits per heavy atom. The van der Waals surface area contributed by atoms with E-state index in [2.05, 4.69) is 10.1 Å². The lowest BCUT2D eigenvalue weighted by atomic mass is 9.50. The van der Waals surface area contributed by atoms with Gasteiger partial charge in [-0.25, -0.2) is 4.39 Å². The molecular formula is C24H30FNO4. The molecular weight excluding hydrogens is 385 g/mol. The van der Waals surface area contributed by atoms with Crippen LogP contribution in [-0.2, 0) is 9.53 Å². The van der Waals surface area contributed by atoms with Gasteiger partial charge in [-0.3, -0.25) is 9.59 Å². The molecule has 0 aromatic heterocycles. The second kappa shape index (κ2) is 7.54. The minimum absolute atomic E-state index is 0.0389. The summed E-state index contributed by atoms with van der Waals surface area (Å²) in [4.78, 5) is 23.6. The first-order valence-corrected chi connectivity index (χ1v) is 11.3. The molecule has 162 valence electrons. The van der Waals surface area contributed by atoms with Crippen LogP contribution in [0.3, 0.4) is 0 Å². The average molecular weight is 416 g/mol. The Hall–Kier alpha value is -2.11. The van der Waals surface area contributed by atoms with Crippen LogP contribution >= 0.6 is 0 Å². The fourth-order valence-corrected chi connectivity index (χ4v) is 6.60. The summed E-state index contributed by atoms with van der Waals surface area (Å²) in [5.74, 6) is 1.68. The first-order valence-electron chi connectivity index (χ1n) is 11.3. The van der Waals surface area contributed by atoms with E-state index in [-0.39, 0.29) is 17.5 Å². The summed E-state index contributed by atoms with van der Waals surface area (Å²) in [7, 11) is 1.25. The van der Waals surface area contributed by atoms with Gasteiger partial charge >= 0.3 is 5.97 Å². The van der Waals surface area contributed by atoms with Crippen molar-refractivity contribution in [3.8, 4) is 5.75 Å². The van der Waals surface area contributed by atoms with E-state index in [0.717, 1.165) is 36.2 Å². The molecule has 0 spiro atoms. The molecule has 0 aliphatic heterocycles. The van der Waals surface area contributed by atoms with Crippen LogP contribution in [0, 0.1) is 29.0 Å². The largest absolute Gasteiger partial charge is 0.493 e. The number of hydrogen-bond acceptors (Lipinski definition) is 4. The van der Waals surface area contributed by atoms with Crippen molar-refractivity contribution in [2.24, 2.45) is 23.2 Å². The molecule has 0 saturated heterocycles. The third-order valence-corrected chi connectivity index (χ3v) is 7.68. The van der Waals surface area contributed by atoms with Crippen molar-refractivity contribution < 1.29 is 23.5 Å². The SMILES string of the molecule is COC(=O)CNC(=O)c1cc(C2CC2)c(OCC23CC4CC(CC(C4)C2)C3)cc1F. The molecule has 6 heteroatoms. The molecule has 0 atom stereocenters. The third-order valence-electron chi connectivity index (χ3n) is 7.68. The summed E-state index contributed by atoms with van der Waals surface area (Å²) in [6.45, 7) is 0.376. The molecule has 0 unspecified atom stereocenters. The maximum atomic E-state index is 14.8. The number of carbonyl (C=O) groups excluding carboxylic acids is 2. The first kappa shape index (κ1) is 19.8. The molecule has 5 aliphatic carbocycles. The lowest BCUT2D eigenvalue weighted by Crippen LogP contribution is -2.48. The van der Waals surface area contributed by atoms with Crippen LogP contribution in [0.25, 0.3) is 0 Å². The second-order valence-corrected chi connectivity index (χ2v) is 10.1. The summed E-state index contributed by atoms with van der Waals surface area (Å²) in [5, 5.41) is 2.42.